The van der Waals surface area contributed by atoms with Gasteiger partial charge in [-0.2, -0.15) is 5.10 Å². The summed E-state index contributed by atoms with van der Waals surface area (Å²) in [5.74, 6) is 1.45. The van der Waals surface area contributed by atoms with Crippen molar-refractivity contribution >= 4 is 0 Å². The molecule has 0 spiro atoms. The Bertz CT molecular complexity index is 344. The molecule has 3 rings (SSSR count). The zero-order valence-electron chi connectivity index (χ0n) is 10.5. The van der Waals surface area contributed by atoms with Gasteiger partial charge in [0, 0.05) is 18.2 Å². The summed E-state index contributed by atoms with van der Waals surface area (Å²) in [5, 5.41) is 11.1. The third-order valence-electron chi connectivity index (χ3n) is 4.46. The van der Waals surface area contributed by atoms with Crippen molar-refractivity contribution in [2.75, 3.05) is 13.1 Å². The highest BCUT2D eigenvalue weighted by Gasteiger charge is 2.25. The molecule has 1 aromatic heterocycles. The molecule has 1 aliphatic carbocycles. The SMILES string of the molecule is c1n[nH]c(C2CCNC2)c1C1CCCCCC1. The standard InChI is InChI=1S/C14H23N3/c1-2-4-6-11(5-3-1)13-10-16-17-14(13)12-7-8-15-9-12/h10-12,15H,1-9H2,(H,16,17). The molecule has 2 N–H and O–H groups in total. The Kier molecular flexibility index (Phi) is 3.46. The molecule has 1 atom stereocenters. The minimum Gasteiger partial charge on any atom is -0.316 e. The number of nitrogens with one attached hydrogen (secondary N) is 2. The van der Waals surface area contributed by atoms with Crippen molar-refractivity contribution in [2.24, 2.45) is 0 Å². The maximum absolute atomic E-state index is 4.32. The van der Waals surface area contributed by atoms with Gasteiger partial charge in [-0.3, -0.25) is 5.10 Å². The van der Waals surface area contributed by atoms with Crippen molar-refractivity contribution in [1.29, 1.82) is 0 Å². The van der Waals surface area contributed by atoms with Crippen LogP contribution in [0.2, 0.25) is 0 Å². The molecule has 1 unspecified atom stereocenters. The quantitative estimate of drug-likeness (QED) is 0.771. The van der Waals surface area contributed by atoms with Crippen molar-refractivity contribution in [3.05, 3.63) is 17.5 Å². The molecule has 1 saturated carbocycles. The van der Waals surface area contributed by atoms with Crippen molar-refractivity contribution in [2.45, 2.75) is 56.8 Å². The first-order valence-electron chi connectivity index (χ1n) is 7.19. The van der Waals surface area contributed by atoms with Crippen molar-refractivity contribution in [3.8, 4) is 0 Å². The fourth-order valence-corrected chi connectivity index (χ4v) is 3.45. The van der Waals surface area contributed by atoms with Gasteiger partial charge in [0.05, 0.1) is 6.20 Å². The van der Waals surface area contributed by atoms with Crippen LogP contribution in [-0.4, -0.2) is 23.3 Å². The average Bonchev–Trinajstić information content (AvgIpc) is 2.95. The molecule has 3 nitrogen and oxygen atoms in total. The number of rotatable bonds is 2. The Labute approximate surface area is 103 Å². The molecule has 0 aromatic carbocycles. The van der Waals surface area contributed by atoms with E-state index in [1.807, 2.05) is 0 Å². The molecular weight excluding hydrogens is 210 g/mol. The van der Waals surface area contributed by atoms with Gasteiger partial charge in [-0.15, -0.1) is 0 Å². The number of aromatic amines is 1. The molecule has 0 bridgehead atoms. The van der Waals surface area contributed by atoms with E-state index in [0.717, 1.165) is 19.0 Å². The van der Waals surface area contributed by atoms with Gasteiger partial charge in [0.15, 0.2) is 0 Å². The summed E-state index contributed by atoms with van der Waals surface area (Å²) in [7, 11) is 0. The van der Waals surface area contributed by atoms with E-state index in [2.05, 4.69) is 21.7 Å². The van der Waals surface area contributed by atoms with E-state index in [1.54, 1.807) is 0 Å². The Hall–Kier alpha value is -0.830. The molecule has 1 saturated heterocycles. The summed E-state index contributed by atoms with van der Waals surface area (Å²) in [5.41, 5.74) is 2.96. The lowest BCUT2D eigenvalue weighted by molar-refractivity contribution is 0.579. The third kappa shape index (κ3) is 2.39. The predicted octanol–water partition coefficient (Wildman–Crippen LogP) is 2.92. The lowest BCUT2D eigenvalue weighted by atomic mass is 9.88. The molecule has 94 valence electrons. The van der Waals surface area contributed by atoms with Gasteiger partial charge in [-0.05, 0) is 37.3 Å². The van der Waals surface area contributed by atoms with Gasteiger partial charge < -0.3 is 5.32 Å². The zero-order chi connectivity index (χ0) is 11.5. The average molecular weight is 233 g/mol. The number of hydrogen-bond donors (Lipinski definition) is 2. The normalized spacial score (nSPS) is 27.2. The smallest absolute Gasteiger partial charge is 0.0525 e. The summed E-state index contributed by atoms with van der Waals surface area (Å²) in [6, 6.07) is 0. The zero-order valence-corrected chi connectivity index (χ0v) is 10.5. The summed E-state index contributed by atoms with van der Waals surface area (Å²) in [4.78, 5) is 0. The maximum atomic E-state index is 4.32. The van der Waals surface area contributed by atoms with Crippen LogP contribution in [-0.2, 0) is 0 Å². The minimum atomic E-state index is 0.677. The second-order valence-electron chi connectivity index (χ2n) is 5.62. The van der Waals surface area contributed by atoms with E-state index in [1.165, 1.54) is 56.2 Å². The number of H-pyrrole nitrogens is 1. The molecule has 3 heteroatoms. The van der Waals surface area contributed by atoms with Crippen LogP contribution in [0.1, 0.15) is 68.0 Å². The first-order valence-corrected chi connectivity index (χ1v) is 7.19. The van der Waals surface area contributed by atoms with Gasteiger partial charge in [0.2, 0.25) is 0 Å². The van der Waals surface area contributed by atoms with E-state index >= 15 is 0 Å². The predicted molar refractivity (Wildman–Crippen MR) is 69.3 cm³/mol. The third-order valence-corrected chi connectivity index (χ3v) is 4.46. The van der Waals surface area contributed by atoms with Crippen LogP contribution < -0.4 is 5.32 Å². The van der Waals surface area contributed by atoms with E-state index in [4.69, 9.17) is 0 Å². The van der Waals surface area contributed by atoms with Crippen LogP contribution in [0.15, 0.2) is 6.20 Å². The maximum Gasteiger partial charge on any atom is 0.0525 e. The summed E-state index contributed by atoms with van der Waals surface area (Å²) < 4.78 is 0. The lowest BCUT2D eigenvalue weighted by Crippen LogP contribution is -2.10. The first-order chi connectivity index (χ1) is 8.45. The van der Waals surface area contributed by atoms with E-state index < -0.39 is 0 Å². The fraction of sp³-hybridized carbons (Fsp3) is 0.786. The van der Waals surface area contributed by atoms with Crippen LogP contribution in [0.3, 0.4) is 0 Å². The van der Waals surface area contributed by atoms with Crippen molar-refractivity contribution in [3.63, 3.8) is 0 Å². The molecule has 0 radical (unpaired) electrons. The highest BCUT2D eigenvalue weighted by molar-refractivity contribution is 5.26. The number of hydrogen-bond acceptors (Lipinski definition) is 2. The van der Waals surface area contributed by atoms with Gasteiger partial charge in [-0.25, -0.2) is 0 Å². The molecule has 2 heterocycles. The molecule has 2 aliphatic rings. The fourth-order valence-electron chi connectivity index (χ4n) is 3.45. The molecule has 2 fully saturated rings. The van der Waals surface area contributed by atoms with Crippen molar-refractivity contribution < 1.29 is 0 Å². The number of nitrogens with zero attached hydrogens (tertiary/aromatic N) is 1. The van der Waals surface area contributed by atoms with Crippen LogP contribution in [0, 0.1) is 0 Å². The van der Waals surface area contributed by atoms with Crippen LogP contribution in [0.25, 0.3) is 0 Å². The second-order valence-corrected chi connectivity index (χ2v) is 5.62. The highest BCUT2D eigenvalue weighted by Crippen LogP contribution is 2.36. The molecular formula is C14H23N3. The molecule has 1 aromatic rings. The largest absolute Gasteiger partial charge is 0.316 e. The van der Waals surface area contributed by atoms with Gasteiger partial charge in [0.25, 0.3) is 0 Å². The van der Waals surface area contributed by atoms with E-state index in [-0.39, 0.29) is 0 Å². The lowest BCUT2D eigenvalue weighted by Gasteiger charge is -2.17. The minimum absolute atomic E-state index is 0.677. The Morgan fingerprint density at radius 1 is 1.00 bits per heavy atom. The van der Waals surface area contributed by atoms with Gasteiger partial charge in [0.1, 0.15) is 0 Å². The topological polar surface area (TPSA) is 40.7 Å². The van der Waals surface area contributed by atoms with Crippen LogP contribution in [0.4, 0.5) is 0 Å². The number of aromatic nitrogens is 2. The van der Waals surface area contributed by atoms with E-state index in [0.29, 0.717) is 5.92 Å². The molecule has 1 aliphatic heterocycles. The molecule has 17 heavy (non-hydrogen) atoms. The molecule has 0 amide bonds. The Balaban J connectivity index is 1.79. The van der Waals surface area contributed by atoms with E-state index in [9.17, 15) is 0 Å². The Morgan fingerprint density at radius 2 is 1.82 bits per heavy atom. The van der Waals surface area contributed by atoms with Crippen molar-refractivity contribution in [1.82, 2.24) is 15.5 Å². The summed E-state index contributed by atoms with van der Waals surface area (Å²) in [6.45, 7) is 2.29. The van der Waals surface area contributed by atoms with Gasteiger partial charge in [-0.1, -0.05) is 25.7 Å². The first kappa shape index (κ1) is 11.3. The monoisotopic (exact) mass is 233 g/mol. The van der Waals surface area contributed by atoms with Crippen LogP contribution >= 0.6 is 0 Å². The summed E-state index contributed by atoms with van der Waals surface area (Å²) >= 11 is 0. The van der Waals surface area contributed by atoms with Crippen LogP contribution in [0.5, 0.6) is 0 Å². The highest BCUT2D eigenvalue weighted by atomic mass is 15.1. The second kappa shape index (κ2) is 5.21. The van der Waals surface area contributed by atoms with Gasteiger partial charge >= 0.3 is 0 Å². The summed E-state index contributed by atoms with van der Waals surface area (Å²) in [6.07, 6.45) is 11.8. The Morgan fingerprint density at radius 3 is 2.53 bits per heavy atom.